The van der Waals surface area contributed by atoms with Gasteiger partial charge in [0.1, 0.15) is 17.2 Å². The Hall–Kier alpha value is -3.81. The molecular formula is C23H19F3N2O3. The summed E-state index contributed by atoms with van der Waals surface area (Å²) < 4.78 is 45.0. The van der Waals surface area contributed by atoms with Crippen LogP contribution in [0.5, 0.6) is 0 Å². The first kappa shape index (κ1) is 21.9. The molecule has 0 saturated heterocycles. The Morgan fingerprint density at radius 3 is 2.29 bits per heavy atom. The minimum atomic E-state index is -4.55. The highest BCUT2D eigenvalue weighted by molar-refractivity contribution is 6.05. The summed E-state index contributed by atoms with van der Waals surface area (Å²) in [5.41, 5.74) is -0.770. The van der Waals surface area contributed by atoms with Crippen molar-refractivity contribution in [2.45, 2.75) is 19.6 Å². The zero-order valence-corrected chi connectivity index (χ0v) is 16.5. The fraction of sp³-hybridized carbons (Fsp3) is 0.130. The van der Waals surface area contributed by atoms with Gasteiger partial charge in [0, 0.05) is 18.2 Å². The maximum atomic E-state index is 13.2. The van der Waals surface area contributed by atoms with Gasteiger partial charge in [-0.2, -0.15) is 13.2 Å². The zero-order valence-electron chi connectivity index (χ0n) is 16.5. The molecule has 31 heavy (non-hydrogen) atoms. The number of nitrogens with one attached hydrogen (secondary N) is 2. The Bertz CT molecular complexity index is 1100. The predicted molar refractivity (Wildman–Crippen MR) is 109 cm³/mol. The van der Waals surface area contributed by atoms with Crippen molar-refractivity contribution in [1.29, 1.82) is 0 Å². The van der Waals surface area contributed by atoms with E-state index in [1.807, 2.05) is 0 Å². The molecule has 2 N–H and O–H groups in total. The van der Waals surface area contributed by atoms with Crippen LogP contribution in [0.3, 0.4) is 0 Å². The van der Waals surface area contributed by atoms with Crippen molar-refractivity contribution in [3.8, 4) is 0 Å². The largest absolute Gasteiger partial charge is 0.462 e. The van der Waals surface area contributed by atoms with E-state index in [9.17, 15) is 22.8 Å². The third kappa shape index (κ3) is 5.85. The Morgan fingerprint density at radius 2 is 1.65 bits per heavy atom. The first-order chi connectivity index (χ1) is 14.7. The first-order valence-electron chi connectivity index (χ1n) is 9.32. The van der Waals surface area contributed by atoms with Crippen molar-refractivity contribution in [3.63, 3.8) is 0 Å². The second kappa shape index (κ2) is 9.34. The summed E-state index contributed by atoms with van der Waals surface area (Å²) in [6.07, 6.45) is -3.23. The number of halogens is 3. The summed E-state index contributed by atoms with van der Waals surface area (Å²) >= 11 is 0. The molecule has 1 heterocycles. The van der Waals surface area contributed by atoms with Crippen LogP contribution in [0.4, 0.5) is 13.2 Å². The van der Waals surface area contributed by atoms with Crippen molar-refractivity contribution >= 4 is 17.9 Å². The molecule has 1 aromatic heterocycles. The van der Waals surface area contributed by atoms with E-state index in [4.69, 9.17) is 4.42 Å². The zero-order chi connectivity index (χ0) is 22.4. The molecule has 0 aliphatic carbocycles. The van der Waals surface area contributed by atoms with Gasteiger partial charge in [-0.15, -0.1) is 0 Å². The quantitative estimate of drug-likeness (QED) is 0.560. The van der Waals surface area contributed by atoms with Crippen molar-refractivity contribution in [3.05, 3.63) is 101 Å². The van der Waals surface area contributed by atoms with Gasteiger partial charge in [-0.1, -0.05) is 36.4 Å². The molecule has 0 bridgehead atoms. The maximum Gasteiger partial charge on any atom is 0.416 e. The van der Waals surface area contributed by atoms with Crippen LogP contribution < -0.4 is 10.6 Å². The standard InChI is InChI=1S/C23H19F3N2O3/c1-15-11-12-18(31-15)13-20(28-21(29)16-7-3-2-4-8-16)22(30)27-14-17-9-5-6-10-19(17)23(24,25)26/h2-13H,14H2,1H3,(H,27,30)(H,28,29). The molecule has 0 radical (unpaired) electrons. The van der Waals surface area contributed by atoms with E-state index in [1.165, 1.54) is 24.3 Å². The predicted octanol–water partition coefficient (Wildman–Crippen LogP) is 4.69. The molecule has 2 amide bonds. The van der Waals surface area contributed by atoms with Crippen molar-refractivity contribution in [2.24, 2.45) is 0 Å². The topological polar surface area (TPSA) is 71.3 Å². The summed E-state index contributed by atoms with van der Waals surface area (Å²) in [5, 5.41) is 4.93. The monoisotopic (exact) mass is 428 g/mol. The van der Waals surface area contributed by atoms with Gasteiger partial charge in [0.25, 0.3) is 11.8 Å². The van der Waals surface area contributed by atoms with E-state index in [2.05, 4.69) is 10.6 Å². The minimum absolute atomic E-state index is 0.0917. The lowest BCUT2D eigenvalue weighted by atomic mass is 10.1. The number of alkyl halides is 3. The van der Waals surface area contributed by atoms with Gasteiger partial charge in [-0.3, -0.25) is 9.59 Å². The number of furan rings is 1. The van der Waals surface area contributed by atoms with Gasteiger partial charge in [-0.05, 0) is 42.8 Å². The van der Waals surface area contributed by atoms with Crippen LogP contribution in [0.15, 0.2) is 76.8 Å². The second-order valence-electron chi connectivity index (χ2n) is 6.66. The molecule has 0 spiro atoms. The van der Waals surface area contributed by atoms with Gasteiger partial charge >= 0.3 is 6.18 Å². The average molecular weight is 428 g/mol. The molecule has 0 aliphatic heterocycles. The number of hydrogen-bond acceptors (Lipinski definition) is 3. The molecule has 0 atom stereocenters. The third-order valence-electron chi connectivity index (χ3n) is 4.34. The summed E-state index contributed by atoms with van der Waals surface area (Å²) in [6.45, 7) is 1.35. The van der Waals surface area contributed by atoms with Crippen LogP contribution in [0.2, 0.25) is 0 Å². The van der Waals surface area contributed by atoms with Crippen LogP contribution in [-0.2, 0) is 17.5 Å². The van der Waals surface area contributed by atoms with Crippen molar-refractivity contribution in [1.82, 2.24) is 10.6 Å². The molecule has 0 saturated carbocycles. The molecule has 0 unspecified atom stereocenters. The number of carbonyl (C=O) groups excluding carboxylic acids is 2. The van der Waals surface area contributed by atoms with Gasteiger partial charge in [0.05, 0.1) is 5.56 Å². The number of rotatable bonds is 6. The van der Waals surface area contributed by atoms with E-state index in [0.717, 1.165) is 6.07 Å². The maximum absolute atomic E-state index is 13.2. The fourth-order valence-corrected chi connectivity index (χ4v) is 2.84. The number of hydrogen-bond donors (Lipinski definition) is 2. The van der Waals surface area contributed by atoms with E-state index < -0.39 is 23.6 Å². The first-order valence-corrected chi connectivity index (χ1v) is 9.32. The lowest BCUT2D eigenvalue weighted by molar-refractivity contribution is -0.138. The number of benzene rings is 2. The lowest BCUT2D eigenvalue weighted by Gasteiger charge is -2.14. The van der Waals surface area contributed by atoms with Crippen LogP contribution >= 0.6 is 0 Å². The fourth-order valence-electron chi connectivity index (χ4n) is 2.84. The third-order valence-corrected chi connectivity index (χ3v) is 4.34. The summed E-state index contributed by atoms with van der Waals surface area (Å²) in [6, 6.07) is 16.5. The molecule has 0 fully saturated rings. The molecule has 5 nitrogen and oxygen atoms in total. The van der Waals surface area contributed by atoms with Gasteiger partial charge in [0.2, 0.25) is 0 Å². The molecule has 8 heteroatoms. The molecule has 2 aromatic carbocycles. The Balaban J connectivity index is 1.82. The smallest absolute Gasteiger partial charge is 0.416 e. The minimum Gasteiger partial charge on any atom is -0.462 e. The highest BCUT2D eigenvalue weighted by Gasteiger charge is 2.32. The van der Waals surface area contributed by atoms with Gasteiger partial charge in [-0.25, -0.2) is 0 Å². The lowest BCUT2D eigenvalue weighted by Crippen LogP contribution is -2.35. The van der Waals surface area contributed by atoms with Crippen LogP contribution in [0.25, 0.3) is 6.08 Å². The molecular weight excluding hydrogens is 409 g/mol. The van der Waals surface area contributed by atoms with Crippen LogP contribution in [-0.4, -0.2) is 11.8 Å². The highest BCUT2D eigenvalue weighted by Crippen LogP contribution is 2.31. The number of aryl methyl sites for hydroxylation is 1. The molecule has 0 aliphatic rings. The Kier molecular flexibility index (Phi) is 6.59. The molecule has 3 rings (SSSR count). The van der Waals surface area contributed by atoms with Gasteiger partial charge < -0.3 is 15.1 Å². The normalized spacial score (nSPS) is 11.8. The van der Waals surface area contributed by atoms with Crippen molar-refractivity contribution < 1.29 is 27.2 Å². The van der Waals surface area contributed by atoms with Crippen LogP contribution in [0.1, 0.15) is 33.0 Å². The Morgan fingerprint density at radius 1 is 0.968 bits per heavy atom. The highest BCUT2D eigenvalue weighted by atomic mass is 19.4. The SMILES string of the molecule is Cc1ccc(C=C(NC(=O)c2ccccc2)C(=O)NCc2ccccc2C(F)(F)F)o1. The van der Waals surface area contributed by atoms with E-state index in [-0.39, 0.29) is 17.8 Å². The molecule has 3 aromatic rings. The number of carbonyl (C=O) groups is 2. The second-order valence-corrected chi connectivity index (χ2v) is 6.66. The number of amides is 2. The Labute approximate surface area is 176 Å². The summed E-state index contributed by atoms with van der Waals surface area (Å²) in [4.78, 5) is 25.2. The summed E-state index contributed by atoms with van der Waals surface area (Å²) in [5.74, 6) is -0.387. The van der Waals surface area contributed by atoms with Crippen molar-refractivity contribution in [2.75, 3.05) is 0 Å². The van der Waals surface area contributed by atoms with Gasteiger partial charge in [0.15, 0.2) is 0 Å². The van der Waals surface area contributed by atoms with E-state index in [0.29, 0.717) is 17.1 Å². The van der Waals surface area contributed by atoms with E-state index in [1.54, 1.807) is 49.4 Å². The average Bonchev–Trinajstić information content (AvgIpc) is 3.16. The van der Waals surface area contributed by atoms with E-state index >= 15 is 0 Å². The molecule has 160 valence electrons. The summed E-state index contributed by atoms with van der Waals surface area (Å²) in [7, 11) is 0. The van der Waals surface area contributed by atoms with Crippen LogP contribution in [0, 0.1) is 6.92 Å².